The summed E-state index contributed by atoms with van der Waals surface area (Å²) in [6.07, 6.45) is 1.07. The molecule has 0 unspecified atom stereocenters. The van der Waals surface area contributed by atoms with Gasteiger partial charge >= 0.3 is 0 Å². The van der Waals surface area contributed by atoms with Crippen molar-refractivity contribution < 1.29 is 14.3 Å². The first-order valence-electron chi connectivity index (χ1n) is 13.2. The number of anilines is 2. The van der Waals surface area contributed by atoms with Crippen molar-refractivity contribution in [3.8, 4) is 16.9 Å². The van der Waals surface area contributed by atoms with Crippen LogP contribution in [0.5, 0.6) is 5.75 Å². The molecular weight excluding hydrogens is 478 g/mol. The molecule has 2 aliphatic heterocycles. The van der Waals surface area contributed by atoms with Crippen LogP contribution in [0, 0.1) is 0 Å². The minimum Gasteiger partial charge on any atom is -0.496 e. The van der Waals surface area contributed by atoms with Gasteiger partial charge in [0.15, 0.2) is 0 Å². The zero-order chi connectivity index (χ0) is 26.5. The summed E-state index contributed by atoms with van der Waals surface area (Å²) >= 11 is 0. The molecule has 2 amide bonds. The van der Waals surface area contributed by atoms with E-state index in [2.05, 4.69) is 32.8 Å². The number of fused-ring (bicyclic) bond motifs is 1. The molecule has 1 fully saturated rings. The first-order valence-corrected chi connectivity index (χ1v) is 13.2. The molecule has 0 aliphatic carbocycles. The highest BCUT2D eigenvalue weighted by atomic mass is 16.5. The number of nitrogens with zero attached hydrogens (tertiary/aromatic N) is 2. The number of para-hydroxylation sites is 1. The zero-order valence-electron chi connectivity index (χ0n) is 22.0. The molecule has 2 aliphatic rings. The molecule has 0 bridgehead atoms. The highest BCUT2D eigenvalue weighted by Crippen LogP contribution is 2.38. The molecule has 0 atom stereocenters. The standard InChI is InChI=1S/C30H35N5O3/c1-34-16-18-35(19-17-34)15-5-14-31-22-10-8-21(9-11-22)29(36)33-26-13-12-23(25-20-32-30(37)28(25)26)24-6-3-4-7-27(24)38-2/h3-4,6-13,31H,5,14-20H2,1-2H3,(H,32,37)(H,33,36). The van der Waals surface area contributed by atoms with Crippen LogP contribution in [0.1, 0.15) is 32.7 Å². The van der Waals surface area contributed by atoms with Gasteiger partial charge in [0.2, 0.25) is 0 Å². The van der Waals surface area contributed by atoms with Gasteiger partial charge in [-0.25, -0.2) is 0 Å². The molecule has 38 heavy (non-hydrogen) atoms. The Morgan fingerprint density at radius 2 is 1.74 bits per heavy atom. The first kappa shape index (κ1) is 25.8. The molecule has 8 nitrogen and oxygen atoms in total. The number of likely N-dealkylation sites (N-methyl/N-ethyl adjacent to an activating group) is 1. The maximum Gasteiger partial charge on any atom is 0.255 e. The Balaban J connectivity index is 1.22. The largest absolute Gasteiger partial charge is 0.496 e. The van der Waals surface area contributed by atoms with Gasteiger partial charge in [0, 0.05) is 56.1 Å². The molecule has 3 aromatic rings. The summed E-state index contributed by atoms with van der Waals surface area (Å²) in [5.74, 6) is 0.292. The van der Waals surface area contributed by atoms with Crippen molar-refractivity contribution in [3.05, 3.63) is 77.4 Å². The van der Waals surface area contributed by atoms with Gasteiger partial charge in [-0.1, -0.05) is 24.3 Å². The number of carbonyl (C=O) groups is 2. The number of ether oxygens (including phenoxy) is 1. The number of amides is 2. The van der Waals surface area contributed by atoms with Crippen molar-refractivity contribution >= 4 is 23.2 Å². The van der Waals surface area contributed by atoms with Crippen LogP contribution in [-0.2, 0) is 6.54 Å². The van der Waals surface area contributed by atoms with E-state index in [1.165, 1.54) is 0 Å². The number of benzene rings is 3. The first-order chi connectivity index (χ1) is 18.5. The van der Waals surface area contributed by atoms with Crippen molar-refractivity contribution in [1.29, 1.82) is 0 Å². The van der Waals surface area contributed by atoms with Gasteiger partial charge in [-0.05, 0) is 67.5 Å². The van der Waals surface area contributed by atoms with Crippen molar-refractivity contribution in [1.82, 2.24) is 15.1 Å². The Hall–Kier alpha value is -3.88. The highest BCUT2D eigenvalue weighted by molar-refractivity contribution is 6.11. The summed E-state index contributed by atoms with van der Waals surface area (Å²) in [4.78, 5) is 30.6. The molecule has 2 heterocycles. The fraction of sp³-hybridized carbons (Fsp3) is 0.333. The Kier molecular flexibility index (Phi) is 7.91. The lowest BCUT2D eigenvalue weighted by atomic mass is 9.95. The van der Waals surface area contributed by atoms with Crippen LogP contribution in [0.3, 0.4) is 0 Å². The maximum atomic E-state index is 13.1. The quantitative estimate of drug-likeness (QED) is 0.376. The van der Waals surface area contributed by atoms with Crippen molar-refractivity contribution in [2.45, 2.75) is 13.0 Å². The van der Waals surface area contributed by atoms with Gasteiger partial charge in [-0.2, -0.15) is 0 Å². The third-order valence-electron chi connectivity index (χ3n) is 7.33. The average Bonchev–Trinajstić information content (AvgIpc) is 3.34. The number of nitrogens with one attached hydrogen (secondary N) is 3. The van der Waals surface area contributed by atoms with E-state index in [1.54, 1.807) is 13.2 Å². The lowest BCUT2D eigenvalue weighted by Gasteiger charge is -2.32. The van der Waals surface area contributed by atoms with Crippen LogP contribution in [0.4, 0.5) is 11.4 Å². The number of rotatable bonds is 9. The van der Waals surface area contributed by atoms with Gasteiger partial charge in [-0.15, -0.1) is 0 Å². The van der Waals surface area contributed by atoms with Crippen LogP contribution in [-0.4, -0.2) is 75.0 Å². The second-order valence-corrected chi connectivity index (χ2v) is 9.85. The molecule has 0 saturated carbocycles. The smallest absolute Gasteiger partial charge is 0.255 e. The number of hydrogen-bond acceptors (Lipinski definition) is 6. The zero-order valence-corrected chi connectivity index (χ0v) is 22.0. The molecule has 8 heteroatoms. The summed E-state index contributed by atoms with van der Waals surface area (Å²) in [7, 11) is 3.80. The van der Waals surface area contributed by atoms with E-state index >= 15 is 0 Å². The van der Waals surface area contributed by atoms with E-state index in [9.17, 15) is 9.59 Å². The summed E-state index contributed by atoms with van der Waals surface area (Å²) in [5, 5.41) is 9.29. The SMILES string of the molecule is COc1ccccc1-c1ccc(NC(=O)c2ccc(NCCCN3CCN(C)CC3)cc2)c2c1CNC2=O. The molecule has 1 saturated heterocycles. The van der Waals surface area contributed by atoms with Crippen LogP contribution in [0.15, 0.2) is 60.7 Å². The minimum absolute atomic E-state index is 0.192. The molecule has 198 valence electrons. The number of piperazine rings is 1. The Morgan fingerprint density at radius 3 is 2.50 bits per heavy atom. The number of hydrogen-bond donors (Lipinski definition) is 3. The topological polar surface area (TPSA) is 85.9 Å². The van der Waals surface area contributed by atoms with E-state index in [0.717, 1.165) is 73.8 Å². The maximum absolute atomic E-state index is 13.1. The Labute approximate surface area is 224 Å². The van der Waals surface area contributed by atoms with Crippen molar-refractivity contribution in [3.63, 3.8) is 0 Å². The van der Waals surface area contributed by atoms with Gasteiger partial charge in [0.25, 0.3) is 11.8 Å². The molecule has 0 radical (unpaired) electrons. The van der Waals surface area contributed by atoms with Gasteiger partial charge in [0.1, 0.15) is 5.75 Å². The Morgan fingerprint density at radius 1 is 0.974 bits per heavy atom. The molecule has 3 N–H and O–H groups in total. The second kappa shape index (κ2) is 11.7. The summed E-state index contributed by atoms with van der Waals surface area (Å²) in [6.45, 7) is 6.92. The summed E-state index contributed by atoms with van der Waals surface area (Å²) in [5.41, 5.74) is 5.21. The van der Waals surface area contributed by atoms with Crippen LogP contribution >= 0.6 is 0 Å². The van der Waals surface area contributed by atoms with Gasteiger partial charge in [0.05, 0.1) is 18.4 Å². The molecule has 0 aromatic heterocycles. The van der Waals surface area contributed by atoms with E-state index in [4.69, 9.17) is 4.74 Å². The van der Waals surface area contributed by atoms with Crippen molar-refractivity contribution in [2.24, 2.45) is 0 Å². The highest BCUT2D eigenvalue weighted by Gasteiger charge is 2.27. The molecular formula is C30H35N5O3. The average molecular weight is 514 g/mol. The predicted molar refractivity (Wildman–Crippen MR) is 151 cm³/mol. The van der Waals surface area contributed by atoms with E-state index in [0.29, 0.717) is 23.4 Å². The lowest BCUT2D eigenvalue weighted by Crippen LogP contribution is -2.44. The second-order valence-electron chi connectivity index (χ2n) is 9.85. The molecule has 5 rings (SSSR count). The third kappa shape index (κ3) is 5.66. The van der Waals surface area contributed by atoms with Crippen molar-refractivity contribution in [2.75, 3.05) is 64.1 Å². The summed E-state index contributed by atoms with van der Waals surface area (Å²) in [6, 6.07) is 18.9. The van der Waals surface area contributed by atoms with Gasteiger partial charge in [-0.3, -0.25) is 9.59 Å². The fourth-order valence-corrected chi connectivity index (χ4v) is 5.11. The Bertz CT molecular complexity index is 1300. The molecule has 0 spiro atoms. The third-order valence-corrected chi connectivity index (χ3v) is 7.33. The van der Waals surface area contributed by atoms with E-state index < -0.39 is 0 Å². The van der Waals surface area contributed by atoms with Crippen LogP contribution < -0.4 is 20.7 Å². The molecule has 3 aromatic carbocycles. The normalized spacial score (nSPS) is 15.6. The monoisotopic (exact) mass is 513 g/mol. The lowest BCUT2D eigenvalue weighted by molar-refractivity contribution is 0.0966. The van der Waals surface area contributed by atoms with E-state index in [-0.39, 0.29) is 11.8 Å². The van der Waals surface area contributed by atoms with Gasteiger partial charge < -0.3 is 30.5 Å². The fourth-order valence-electron chi connectivity index (χ4n) is 5.11. The number of methoxy groups -OCH3 is 1. The van der Waals surface area contributed by atoms with Crippen LogP contribution in [0.25, 0.3) is 11.1 Å². The number of carbonyl (C=O) groups excluding carboxylic acids is 2. The summed E-state index contributed by atoms with van der Waals surface area (Å²) < 4.78 is 5.53. The minimum atomic E-state index is -0.251. The van der Waals surface area contributed by atoms with E-state index in [1.807, 2.05) is 54.6 Å². The predicted octanol–water partition coefficient (Wildman–Crippen LogP) is 3.91. The van der Waals surface area contributed by atoms with Crippen LogP contribution in [0.2, 0.25) is 0 Å².